The van der Waals surface area contributed by atoms with Crippen LogP contribution in [0.25, 0.3) is 11.3 Å². The summed E-state index contributed by atoms with van der Waals surface area (Å²) in [5.41, 5.74) is 4.73. The van der Waals surface area contributed by atoms with Gasteiger partial charge in [-0.2, -0.15) is 5.10 Å². The molecule has 0 bridgehead atoms. The SMILES string of the molecule is Cc1ccc(-c2n[nH]c3c2C(c2ccc([N+](=O)[O-])cc2)NC3=O)cc1. The minimum atomic E-state index is -0.446. The van der Waals surface area contributed by atoms with E-state index in [1.54, 1.807) is 12.1 Å². The number of rotatable bonds is 3. The van der Waals surface area contributed by atoms with Gasteiger partial charge in [-0.05, 0) is 24.6 Å². The normalized spacial score (nSPS) is 15.7. The zero-order valence-corrected chi connectivity index (χ0v) is 13.3. The molecule has 1 amide bonds. The Hall–Kier alpha value is -3.48. The van der Waals surface area contributed by atoms with E-state index in [1.165, 1.54) is 12.1 Å². The first kappa shape index (κ1) is 15.1. The molecule has 1 aromatic heterocycles. The highest BCUT2D eigenvalue weighted by Gasteiger charge is 2.35. The van der Waals surface area contributed by atoms with Gasteiger partial charge in [-0.25, -0.2) is 0 Å². The Balaban J connectivity index is 1.79. The van der Waals surface area contributed by atoms with Crippen LogP contribution in [0.2, 0.25) is 0 Å². The fourth-order valence-corrected chi connectivity index (χ4v) is 3.05. The smallest absolute Gasteiger partial charge is 0.270 e. The third kappa shape index (κ3) is 2.46. The molecule has 2 aromatic carbocycles. The van der Waals surface area contributed by atoms with Gasteiger partial charge in [0, 0.05) is 23.3 Å². The predicted molar refractivity (Wildman–Crippen MR) is 91.2 cm³/mol. The van der Waals surface area contributed by atoms with Gasteiger partial charge < -0.3 is 5.32 Å². The van der Waals surface area contributed by atoms with Crippen LogP contribution in [-0.2, 0) is 0 Å². The van der Waals surface area contributed by atoms with Crippen LogP contribution >= 0.6 is 0 Å². The Morgan fingerprint density at radius 3 is 2.40 bits per heavy atom. The second-order valence-electron chi connectivity index (χ2n) is 5.98. The number of aromatic nitrogens is 2. The van der Waals surface area contributed by atoms with E-state index in [4.69, 9.17) is 0 Å². The quantitative estimate of drug-likeness (QED) is 0.567. The number of hydrogen-bond acceptors (Lipinski definition) is 4. The molecule has 0 fully saturated rings. The van der Waals surface area contributed by atoms with Crippen LogP contribution in [0.1, 0.15) is 33.2 Å². The number of hydrogen-bond donors (Lipinski definition) is 2. The number of carbonyl (C=O) groups is 1. The Labute approximate surface area is 142 Å². The summed E-state index contributed by atoms with van der Waals surface area (Å²) in [5.74, 6) is -0.232. The number of fused-ring (bicyclic) bond motifs is 1. The molecule has 0 saturated carbocycles. The summed E-state index contributed by atoms with van der Waals surface area (Å²) >= 11 is 0. The second-order valence-corrected chi connectivity index (χ2v) is 5.98. The lowest BCUT2D eigenvalue weighted by Crippen LogP contribution is -2.21. The summed E-state index contributed by atoms with van der Waals surface area (Å²) in [7, 11) is 0. The highest BCUT2D eigenvalue weighted by Crippen LogP contribution is 2.37. The largest absolute Gasteiger partial charge is 0.340 e. The average Bonchev–Trinajstić information content (AvgIpc) is 3.17. The number of H-pyrrole nitrogens is 1. The van der Waals surface area contributed by atoms with Crippen LogP contribution in [0.3, 0.4) is 0 Å². The molecule has 2 N–H and O–H groups in total. The molecule has 0 spiro atoms. The van der Waals surface area contributed by atoms with Gasteiger partial charge in [-0.3, -0.25) is 20.0 Å². The molecule has 1 aliphatic rings. The van der Waals surface area contributed by atoms with Gasteiger partial charge in [0.15, 0.2) is 0 Å². The minimum Gasteiger partial charge on any atom is -0.340 e. The van der Waals surface area contributed by atoms with E-state index in [0.29, 0.717) is 11.4 Å². The van der Waals surface area contributed by atoms with E-state index in [1.807, 2.05) is 31.2 Å². The highest BCUT2D eigenvalue weighted by atomic mass is 16.6. The Morgan fingerprint density at radius 1 is 1.08 bits per heavy atom. The van der Waals surface area contributed by atoms with Crippen LogP contribution in [0.4, 0.5) is 5.69 Å². The Kier molecular flexibility index (Phi) is 3.35. The summed E-state index contributed by atoms with van der Waals surface area (Å²) < 4.78 is 0. The van der Waals surface area contributed by atoms with E-state index in [-0.39, 0.29) is 11.6 Å². The van der Waals surface area contributed by atoms with Crippen molar-refractivity contribution >= 4 is 11.6 Å². The van der Waals surface area contributed by atoms with Crippen molar-refractivity contribution in [2.45, 2.75) is 13.0 Å². The maximum atomic E-state index is 12.2. The van der Waals surface area contributed by atoms with E-state index in [0.717, 1.165) is 22.3 Å². The lowest BCUT2D eigenvalue weighted by Gasteiger charge is -2.13. The van der Waals surface area contributed by atoms with Gasteiger partial charge in [-0.1, -0.05) is 29.8 Å². The van der Waals surface area contributed by atoms with Gasteiger partial charge >= 0.3 is 0 Å². The lowest BCUT2D eigenvalue weighted by molar-refractivity contribution is -0.384. The molecule has 7 nitrogen and oxygen atoms in total. The van der Waals surface area contributed by atoms with Crippen molar-refractivity contribution in [2.24, 2.45) is 0 Å². The van der Waals surface area contributed by atoms with Crippen molar-refractivity contribution in [3.63, 3.8) is 0 Å². The maximum Gasteiger partial charge on any atom is 0.270 e. The second kappa shape index (κ2) is 5.55. The van der Waals surface area contributed by atoms with Crippen LogP contribution in [0, 0.1) is 17.0 Å². The standard InChI is InChI=1S/C18H14N4O3/c1-10-2-4-12(5-3-10)16-14-15(19-18(23)17(14)21-20-16)11-6-8-13(9-7-11)22(24)25/h2-9,15H,1H3,(H,19,23)(H,20,21). The summed E-state index contributed by atoms with van der Waals surface area (Å²) in [6.45, 7) is 2.00. The van der Waals surface area contributed by atoms with E-state index in [9.17, 15) is 14.9 Å². The van der Waals surface area contributed by atoms with Crippen LogP contribution in [0.15, 0.2) is 48.5 Å². The van der Waals surface area contributed by atoms with E-state index < -0.39 is 11.0 Å². The van der Waals surface area contributed by atoms with Crippen LogP contribution < -0.4 is 5.32 Å². The Bertz CT molecular complexity index is 975. The monoisotopic (exact) mass is 334 g/mol. The van der Waals surface area contributed by atoms with Gasteiger partial charge in [0.05, 0.1) is 16.7 Å². The Morgan fingerprint density at radius 2 is 1.76 bits per heavy atom. The number of non-ortho nitro benzene ring substituents is 1. The highest BCUT2D eigenvalue weighted by molar-refractivity contribution is 6.00. The van der Waals surface area contributed by atoms with Crippen LogP contribution in [0.5, 0.6) is 0 Å². The summed E-state index contributed by atoms with van der Waals surface area (Å²) in [4.78, 5) is 22.6. The number of benzene rings is 2. The molecule has 1 unspecified atom stereocenters. The molecule has 0 radical (unpaired) electrons. The third-order valence-electron chi connectivity index (χ3n) is 4.36. The topological polar surface area (TPSA) is 101 Å². The molecule has 25 heavy (non-hydrogen) atoms. The molecule has 0 saturated heterocycles. The lowest BCUT2D eigenvalue weighted by atomic mass is 9.96. The zero-order valence-electron chi connectivity index (χ0n) is 13.3. The van der Waals surface area contributed by atoms with Gasteiger partial charge in [0.1, 0.15) is 5.69 Å². The first-order valence-corrected chi connectivity index (χ1v) is 7.75. The van der Waals surface area contributed by atoms with Gasteiger partial charge in [0.25, 0.3) is 11.6 Å². The summed E-state index contributed by atoms with van der Waals surface area (Å²) in [6.07, 6.45) is 0. The van der Waals surface area contributed by atoms with E-state index >= 15 is 0 Å². The molecule has 7 heteroatoms. The van der Waals surface area contributed by atoms with Gasteiger partial charge in [-0.15, -0.1) is 0 Å². The minimum absolute atomic E-state index is 0.0132. The third-order valence-corrected chi connectivity index (χ3v) is 4.36. The van der Waals surface area contributed by atoms with Crippen molar-refractivity contribution in [1.29, 1.82) is 0 Å². The summed E-state index contributed by atoms with van der Waals surface area (Å²) in [6, 6.07) is 13.7. The number of nitrogens with zero attached hydrogens (tertiary/aromatic N) is 2. The number of carbonyl (C=O) groups excluding carboxylic acids is 1. The molecule has 124 valence electrons. The van der Waals surface area contributed by atoms with Crippen molar-refractivity contribution in [3.8, 4) is 11.3 Å². The van der Waals surface area contributed by atoms with Crippen molar-refractivity contribution < 1.29 is 9.72 Å². The molecule has 3 aromatic rings. The molecular formula is C18H14N4O3. The molecule has 4 rings (SSSR count). The summed E-state index contributed by atoms with van der Waals surface area (Å²) in [5, 5.41) is 20.9. The fourth-order valence-electron chi connectivity index (χ4n) is 3.05. The first-order chi connectivity index (χ1) is 12.0. The number of aromatic amines is 1. The zero-order chi connectivity index (χ0) is 17.6. The number of nitro groups is 1. The number of amides is 1. The number of nitro benzene ring substituents is 1. The predicted octanol–water partition coefficient (Wildman–Crippen LogP) is 3.13. The van der Waals surface area contributed by atoms with E-state index in [2.05, 4.69) is 15.5 Å². The number of aryl methyl sites for hydroxylation is 1. The van der Waals surface area contributed by atoms with Crippen molar-refractivity contribution in [3.05, 3.63) is 81.0 Å². The maximum absolute atomic E-state index is 12.2. The van der Waals surface area contributed by atoms with Crippen molar-refractivity contribution in [2.75, 3.05) is 0 Å². The fraction of sp³-hybridized carbons (Fsp3) is 0.111. The average molecular weight is 334 g/mol. The molecule has 0 aliphatic carbocycles. The van der Waals surface area contributed by atoms with Crippen molar-refractivity contribution in [1.82, 2.24) is 15.5 Å². The first-order valence-electron chi connectivity index (χ1n) is 7.75. The molecular weight excluding hydrogens is 320 g/mol. The number of nitrogens with one attached hydrogen (secondary N) is 2. The van der Waals surface area contributed by atoms with Crippen LogP contribution in [-0.4, -0.2) is 21.0 Å². The molecule has 1 atom stereocenters. The molecule has 2 heterocycles. The van der Waals surface area contributed by atoms with Gasteiger partial charge in [0.2, 0.25) is 0 Å². The molecule has 1 aliphatic heterocycles.